The van der Waals surface area contributed by atoms with E-state index >= 15 is 0 Å². The highest BCUT2D eigenvalue weighted by molar-refractivity contribution is 5.87. The van der Waals surface area contributed by atoms with Gasteiger partial charge in [0.15, 0.2) is 0 Å². The van der Waals surface area contributed by atoms with Gasteiger partial charge in [-0.15, -0.1) is 0 Å². The van der Waals surface area contributed by atoms with Crippen LogP contribution in [0, 0.1) is 0 Å². The fourth-order valence-electron chi connectivity index (χ4n) is 1.13. The maximum Gasteiger partial charge on any atom is 0.337 e. The monoisotopic (exact) mass is 225 g/mol. The van der Waals surface area contributed by atoms with E-state index in [-0.39, 0.29) is 18.7 Å². The van der Waals surface area contributed by atoms with Gasteiger partial charge in [0.2, 0.25) is 0 Å². The molecule has 0 aliphatic heterocycles. The van der Waals surface area contributed by atoms with Gasteiger partial charge in [0.1, 0.15) is 6.54 Å². The van der Waals surface area contributed by atoms with Crippen LogP contribution in [0.1, 0.15) is 17.3 Å². The molecular weight excluding hydrogens is 214 g/mol. The zero-order valence-corrected chi connectivity index (χ0v) is 8.67. The first-order chi connectivity index (χ1) is 7.54. The summed E-state index contributed by atoms with van der Waals surface area (Å²) in [5.41, 5.74) is -0.498. The van der Waals surface area contributed by atoms with Crippen LogP contribution < -0.4 is 5.56 Å². The summed E-state index contributed by atoms with van der Waals surface area (Å²) in [6.07, 6.45) is 1.11. The van der Waals surface area contributed by atoms with Gasteiger partial charge in [-0.2, -0.15) is 0 Å². The number of carboxylic acids is 1. The van der Waals surface area contributed by atoms with Crippen molar-refractivity contribution in [3.8, 4) is 0 Å². The maximum absolute atomic E-state index is 11.3. The SMILES string of the molecule is CCOC(=O)Cn1cc(C(=O)O)ccc1=O. The lowest BCUT2D eigenvalue weighted by molar-refractivity contribution is -0.143. The molecule has 6 nitrogen and oxygen atoms in total. The Bertz CT molecular complexity index is 463. The first kappa shape index (κ1) is 12.0. The Kier molecular flexibility index (Phi) is 3.82. The molecule has 86 valence electrons. The average molecular weight is 225 g/mol. The Hall–Kier alpha value is -2.11. The van der Waals surface area contributed by atoms with Crippen LogP contribution in [0.15, 0.2) is 23.1 Å². The number of carbonyl (C=O) groups is 2. The smallest absolute Gasteiger partial charge is 0.337 e. The molecular formula is C10H11NO5. The van der Waals surface area contributed by atoms with Gasteiger partial charge >= 0.3 is 11.9 Å². The molecule has 1 N–H and O–H groups in total. The van der Waals surface area contributed by atoms with Gasteiger partial charge in [0.05, 0.1) is 12.2 Å². The molecule has 0 bridgehead atoms. The van der Waals surface area contributed by atoms with Crippen molar-refractivity contribution in [2.75, 3.05) is 6.61 Å². The fraction of sp³-hybridized carbons (Fsp3) is 0.300. The lowest BCUT2D eigenvalue weighted by atomic mass is 10.3. The Labute approximate surface area is 91.1 Å². The van der Waals surface area contributed by atoms with E-state index in [1.807, 2.05) is 0 Å². The lowest BCUT2D eigenvalue weighted by Gasteiger charge is -2.05. The van der Waals surface area contributed by atoms with Crippen molar-refractivity contribution < 1.29 is 19.4 Å². The van der Waals surface area contributed by atoms with Gasteiger partial charge < -0.3 is 14.4 Å². The van der Waals surface area contributed by atoms with Crippen LogP contribution in [0.3, 0.4) is 0 Å². The lowest BCUT2D eigenvalue weighted by Crippen LogP contribution is -2.25. The van der Waals surface area contributed by atoms with Gasteiger partial charge in [-0.1, -0.05) is 0 Å². The molecule has 0 aliphatic rings. The van der Waals surface area contributed by atoms with E-state index in [4.69, 9.17) is 5.11 Å². The number of carboxylic acid groups (broad SMARTS) is 1. The molecule has 1 aromatic rings. The van der Waals surface area contributed by atoms with Gasteiger partial charge in [0.25, 0.3) is 5.56 Å². The van der Waals surface area contributed by atoms with E-state index in [1.165, 1.54) is 6.07 Å². The highest BCUT2D eigenvalue weighted by Crippen LogP contribution is 1.96. The van der Waals surface area contributed by atoms with Crippen LogP contribution in [0.5, 0.6) is 0 Å². The van der Waals surface area contributed by atoms with Crippen LogP contribution in [-0.4, -0.2) is 28.2 Å². The van der Waals surface area contributed by atoms with E-state index in [9.17, 15) is 14.4 Å². The average Bonchev–Trinajstić information content (AvgIpc) is 2.21. The molecule has 1 rings (SSSR count). The molecule has 0 aliphatic carbocycles. The Balaban J connectivity index is 2.94. The maximum atomic E-state index is 11.3. The van der Waals surface area contributed by atoms with Gasteiger partial charge in [0, 0.05) is 12.3 Å². The van der Waals surface area contributed by atoms with Crippen molar-refractivity contribution in [3.05, 3.63) is 34.2 Å². The Morgan fingerprint density at radius 3 is 2.69 bits per heavy atom. The number of aromatic nitrogens is 1. The predicted octanol–water partition coefficient (Wildman–Crippen LogP) is 0.110. The summed E-state index contributed by atoms with van der Waals surface area (Å²) in [5, 5.41) is 8.71. The quantitative estimate of drug-likeness (QED) is 0.735. The van der Waals surface area contributed by atoms with Gasteiger partial charge in [-0.05, 0) is 13.0 Å². The largest absolute Gasteiger partial charge is 0.478 e. The number of carbonyl (C=O) groups excluding carboxylic acids is 1. The molecule has 0 saturated heterocycles. The molecule has 1 heterocycles. The first-order valence-corrected chi connectivity index (χ1v) is 4.64. The number of ether oxygens (including phenoxy) is 1. The standard InChI is InChI=1S/C10H11NO5/c1-2-16-9(13)6-11-5-7(10(14)15)3-4-8(11)12/h3-5H,2,6H2,1H3,(H,14,15). The molecule has 1 aromatic heterocycles. The van der Waals surface area contributed by atoms with E-state index in [1.54, 1.807) is 6.92 Å². The summed E-state index contributed by atoms with van der Waals surface area (Å²) in [6.45, 7) is 1.58. The fourth-order valence-corrected chi connectivity index (χ4v) is 1.13. The van der Waals surface area contributed by atoms with Crippen molar-refractivity contribution in [2.45, 2.75) is 13.5 Å². The molecule has 0 saturated carbocycles. The number of hydrogen-bond acceptors (Lipinski definition) is 4. The van der Waals surface area contributed by atoms with E-state index < -0.39 is 17.5 Å². The van der Waals surface area contributed by atoms with E-state index in [0.717, 1.165) is 16.8 Å². The number of nitrogens with zero attached hydrogens (tertiary/aromatic N) is 1. The number of esters is 1. The van der Waals surface area contributed by atoms with Crippen LogP contribution in [-0.2, 0) is 16.1 Å². The predicted molar refractivity (Wildman–Crippen MR) is 54.3 cm³/mol. The Morgan fingerprint density at radius 2 is 2.12 bits per heavy atom. The highest BCUT2D eigenvalue weighted by atomic mass is 16.5. The highest BCUT2D eigenvalue weighted by Gasteiger charge is 2.08. The molecule has 0 amide bonds. The molecule has 0 aromatic carbocycles. The van der Waals surface area contributed by atoms with Crippen molar-refractivity contribution in [2.24, 2.45) is 0 Å². The zero-order valence-electron chi connectivity index (χ0n) is 8.67. The second-order valence-electron chi connectivity index (χ2n) is 2.99. The van der Waals surface area contributed by atoms with Crippen LogP contribution in [0.25, 0.3) is 0 Å². The van der Waals surface area contributed by atoms with Gasteiger partial charge in [-0.25, -0.2) is 4.79 Å². The summed E-state index contributed by atoms with van der Waals surface area (Å²) in [4.78, 5) is 33.1. The van der Waals surface area contributed by atoms with Crippen LogP contribution in [0.2, 0.25) is 0 Å². The van der Waals surface area contributed by atoms with Crippen molar-refractivity contribution in [1.29, 1.82) is 0 Å². The minimum absolute atomic E-state index is 0.0519. The third kappa shape index (κ3) is 2.94. The Morgan fingerprint density at radius 1 is 1.44 bits per heavy atom. The molecule has 0 atom stereocenters. The molecule has 0 fully saturated rings. The molecule has 0 unspecified atom stereocenters. The number of aromatic carboxylic acids is 1. The number of pyridine rings is 1. The van der Waals surface area contributed by atoms with Crippen LogP contribution >= 0.6 is 0 Å². The molecule has 16 heavy (non-hydrogen) atoms. The minimum Gasteiger partial charge on any atom is -0.478 e. The second kappa shape index (κ2) is 5.11. The third-order valence-corrected chi connectivity index (χ3v) is 1.84. The minimum atomic E-state index is -1.15. The number of rotatable bonds is 4. The van der Waals surface area contributed by atoms with E-state index in [0.29, 0.717) is 0 Å². The normalized spacial score (nSPS) is 9.81. The van der Waals surface area contributed by atoms with Crippen molar-refractivity contribution >= 4 is 11.9 Å². The van der Waals surface area contributed by atoms with E-state index in [2.05, 4.69) is 4.74 Å². The molecule has 0 radical (unpaired) electrons. The van der Waals surface area contributed by atoms with Crippen molar-refractivity contribution in [3.63, 3.8) is 0 Å². The number of hydrogen-bond donors (Lipinski definition) is 1. The first-order valence-electron chi connectivity index (χ1n) is 4.64. The summed E-state index contributed by atoms with van der Waals surface area (Å²) in [6, 6.07) is 2.29. The second-order valence-corrected chi connectivity index (χ2v) is 2.99. The molecule has 0 spiro atoms. The van der Waals surface area contributed by atoms with Crippen molar-refractivity contribution in [1.82, 2.24) is 4.57 Å². The zero-order chi connectivity index (χ0) is 12.1. The van der Waals surface area contributed by atoms with Gasteiger partial charge in [-0.3, -0.25) is 9.59 Å². The van der Waals surface area contributed by atoms with Crippen LogP contribution in [0.4, 0.5) is 0 Å². The summed E-state index contributed by atoms with van der Waals surface area (Å²) in [5.74, 6) is -1.73. The topological polar surface area (TPSA) is 85.6 Å². The summed E-state index contributed by atoms with van der Waals surface area (Å²) < 4.78 is 5.66. The third-order valence-electron chi connectivity index (χ3n) is 1.84. The summed E-state index contributed by atoms with van der Waals surface area (Å²) in [7, 11) is 0. The molecule has 6 heteroatoms. The summed E-state index contributed by atoms with van der Waals surface area (Å²) >= 11 is 0.